The lowest BCUT2D eigenvalue weighted by Crippen LogP contribution is -2.44. The number of amides is 1. The maximum absolute atomic E-state index is 13.3. The van der Waals surface area contributed by atoms with Gasteiger partial charge in [0, 0.05) is 35.0 Å². The molecule has 0 radical (unpaired) electrons. The van der Waals surface area contributed by atoms with E-state index < -0.39 is 0 Å². The lowest BCUT2D eigenvalue weighted by Gasteiger charge is -2.29. The van der Waals surface area contributed by atoms with Crippen LogP contribution in [0.15, 0.2) is 35.3 Å². The second kappa shape index (κ2) is 7.08. The molecule has 3 aromatic rings. The Hall–Kier alpha value is -2.84. The molecule has 0 unspecified atom stereocenters. The number of aliphatic imine (C=N–C) groups is 1. The number of carbonyl (C=O) groups excluding carboxylic acids is 1. The first-order valence-corrected chi connectivity index (χ1v) is 12.6. The number of benzene rings is 1. The molecule has 168 valence electrons. The highest BCUT2D eigenvalue weighted by Gasteiger charge is 2.52. The molecule has 2 fully saturated rings. The van der Waals surface area contributed by atoms with E-state index in [1.807, 2.05) is 17.9 Å². The molecule has 2 aromatic heterocycles. The fourth-order valence-electron chi connectivity index (χ4n) is 5.52. The van der Waals surface area contributed by atoms with Gasteiger partial charge in [0.15, 0.2) is 5.82 Å². The number of hydrogen-bond acceptors (Lipinski definition) is 6. The van der Waals surface area contributed by atoms with E-state index in [4.69, 9.17) is 9.73 Å². The highest BCUT2D eigenvalue weighted by molar-refractivity contribution is 7.15. The molecule has 1 saturated heterocycles. The molecule has 1 saturated carbocycles. The number of carbonyl (C=O) groups is 1. The Morgan fingerprint density at radius 1 is 1.12 bits per heavy atom. The molecule has 1 amide bonds. The van der Waals surface area contributed by atoms with Crippen LogP contribution in [0, 0.1) is 12.8 Å². The van der Waals surface area contributed by atoms with E-state index in [0.717, 1.165) is 48.6 Å². The van der Waals surface area contributed by atoms with E-state index in [1.165, 1.54) is 21.0 Å². The monoisotopic (exact) mass is 459 g/mol. The maximum atomic E-state index is 13.3. The van der Waals surface area contributed by atoms with Gasteiger partial charge in [-0.3, -0.25) is 14.4 Å². The van der Waals surface area contributed by atoms with Crippen LogP contribution >= 0.6 is 11.3 Å². The zero-order chi connectivity index (χ0) is 22.2. The van der Waals surface area contributed by atoms with Crippen molar-refractivity contribution in [3.05, 3.63) is 63.5 Å². The number of ether oxygens (including phenoxy) is 1. The molecule has 7 nitrogen and oxygen atoms in total. The number of morpholine rings is 1. The lowest BCUT2D eigenvalue weighted by molar-refractivity contribution is -0.139. The van der Waals surface area contributed by atoms with Gasteiger partial charge in [0.1, 0.15) is 16.4 Å². The number of rotatable bonds is 2. The summed E-state index contributed by atoms with van der Waals surface area (Å²) in [5, 5.41) is 10.2. The van der Waals surface area contributed by atoms with Crippen LogP contribution < -0.4 is 0 Å². The van der Waals surface area contributed by atoms with Gasteiger partial charge < -0.3 is 9.64 Å². The highest BCUT2D eigenvalue weighted by Crippen LogP contribution is 2.54. The van der Waals surface area contributed by atoms with E-state index >= 15 is 0 Å². The molecule has 2 aliphatic heterocycles. The number of hydrogen-bond donors (Lipinski definition) is 0. The highest BCUT2D eigenvalue weighted by atomic mass is 32.1. The third-order valence-electron chi connectivity index (χ3n) is 7.40. The van der Waals surface area contributed by atoms with E-state index in [9.17, 15) is 4.79 Å². The SMILES string of the molecule is Cc1nnc2n1-c1sc3c(c1C(c1ccccc1)=NC21CC1)C[C@H](C(=O)N1CCOCC1)C3. The first-order chi connectivity index (χ1) is 16.1. The molecule has 0 bridgehead atoms. The molecule has 0 N–H and O–H groups in total. The van der Waals surface area contributed by atoms with Crippen molar-refractivity contribution < 1.29 is 9.53 Å². The molecule has 1 aromatic carbocycles. The zero-order valence-corrected chi connectivity index (χ0v) is 19.4. The van der Waals surface area contributed by atoms with Gasteiger partial charge in [-0.25, -0.2) is 0 Å². The molecule has 7 rings (SSSR count). The smallest absolute Gasteiger partial charge is 0.226 e. The number of thiophene rings is 1. The summed E-state index contributed by atoms with van der Waals surface area (Å²) in [6.45, 7) is 4.70. The summed E-state index contributed by atoms with van der Waals surface area (Å²) in [5.41, 5.74) is 4.38. The minimum absolute atomic E-state index is 0.00583. The van der Waals surface area contributed by atoms with Crippen molar-refractivity contribution in [3.8, 4) is 5.00 Å². The summed E-state index contributed by atoms with van der Waals surface area (Å²) in [6, 6.07) is 10.5. The van der Waals surface area contributed by atoms with Crippen molar-refractivity contribution in [1.29, 1.82) is 0 Å². The molecule has 1 atom stereocenters. The van der Waals surface area contributed by atoms with Gasteiger partial charge in [0.05, 0.1) is 18.9 Å². The average molecular weight is 460 g/mol. The normalized spacial score (nSPS) is 22.4. The second-order valence-corrected chi connectivity index (χ2v) is 10.6. The van der Waals surface area contributed by atoms with Gasteiger partial charge in [-0.1, -0.05) is 30.3 Å². The summed E-state index contributed by atoms with van der Waals surface area (Å²) in [4.78, 5) is 22.0. The Kier molecular flexibility index (Phi) is 4.21. The molecular weight excluding hydrogens is 434 g/mol. The van der Waals surface area contributed by atoms with Gasteiger partial charge >= 0.3 is 0 Å². The van der Waals surface area contributed by atoms with Gasteiger partial charge in [-0.2, -0.15) is 0 Å². The van der Waals surface area contributed by atoms with Crippen LogP contribution in [0.4, 0.5) is 0 Å². The fourth-order valence-corrected chi connectivity index (χ4v) is 6.98. The molecule has 33 heavy (non-hydrogen) atoms. The van der Waals surface area contributed by atoms with Crippen LogP contribution in [0.2, 0.25) is 0 Å². The molecule has 1 spiro atoms. The Morgan fingerprint density at radius 3 is 2.67 bits per heavy atom. The molecular formula is C25H25N5O2S. The first kappa shape index (κ1) is 19.6. The quantitative estimate of drug-likeness (QED) is 0.591. The van der Waals surface area contributed by atoms with Crippen LogP contribution in [0.5, 0.6) is 0 Å². The summed E-state index contributed by atoms with van der Waals surface area (Å²) < 4.78 is 7.69. The minimum Gasteiger partial charge on any atom is -0.378 e. The molecule has 4 heterocycles. The number of fused-ring (bicyclic) bond motifs is 6. The predicted molar refractivity (Wildman–Crippen MR) is 125 cm³/mol. The summed E-state index contributed by atoms with van der Waals surface area (Å²) in [5.74, 6) is 2.14. The number of nitrogens with zero attached hydrogens (tertiary/aromatic N) is 5. The first-order valence-electron chi connectivity index (χ1n) is 11.7. The third-order valence-corrected chi connectivity index (χ3v) is 8.64. The number of aryl methyl sites for hydroxylation is 1. The Bertz CT molecular complexity index is 1300. The molecule has 2 aliphatic carbocycles. The molecule has 4 aliphatic rings. The third kappa shape index (κ3) is 2.90. The number of aromatic nitrogens is 3. The van der Waals surface area contributed by atoms with Crippen LogP contribution in [0.3, 0.4) is 0 Å². The van der Waals surface area contributed by atoms with E-state index in [1.54, 1.807) is 11.3 Å². The maximum Gasteiger partial charge on any atom is 0.226 e. The van der Waals surface area contributed by atoms with E-state index in [0.29, 0.717) is 26.3 Å². The van der Waals surface area contributed by atoms with Crippen molar-refractivity contribution >= 4 is 23.0 Å². The van der Waals surface area contributed by atoms with Crippen LogP contribution in [0.1, 0.15) is 46.1 Å². The van der Waals surface area contributed by atoms with Crippen LogP contribution in [0.25, 0.3) is 5.00 Å². The predicted octanol–water partition coefficient (Wildman–Crippen LogP) is 3.05. The van der Waals surface area contributed by atoms with Crippen molar-refractivity contribution in [1.82, 2.24) is 19.7 Å². The van der Waals surface area contributed by atoms with Gasteiger partial charge in [-0.15, -0.1) is 21.5 Å². The summed E-state index contributed by atoms with van der Waals surface area (Å²) in [7, 11) is 0. The largest absolute Gasteiger partial charge is 0.378 e. The second-order valence-electron chi connectivity index (χ2n) is 9.49. The van der Waals surface area contributed by atoms with Gasteiger partial charge in [0.2, 0.25) is 5.91 Å². The summed E-state index contributed by atoms with van der Waals surface area (Å²) >= 11 is 1.80. The topological polar surface area (TPSA) is 72.6 Å². The zero-order valence-electron chi connectivity index (χ0n) is 18.6. The molecule has 8 heteroatoms. The van der Waals surface area contributed by atoms with Gasteiger partial charge in [-0.05, 0) is 38.2 Å². The van der Waals surface area contributed by atoms with E-state index in [-0.39, 0.29) is 17.4 Å². The Balaban J connectivity index is 1.36. The standard InChI is InChI=1S/C25H25N5O2S/c1-15-27-28-24-25(7-8-25)26-21(16-5-3-2-4-6-16)20-18-13-17(14-19(18)33-23(20)30(15)24)22(31)29-9-11-32-12-10-29/h2-6,17H,7-14H2,1H3/t17-/m0/s1. The Labute approximate surface area is 196 Å². The van der Waals surface area contributed by atoms with E-state index in [2.05, 4.69) is 39.0 Å². The Morgan fingerprint density at radius 2 is 1.91 bits per heavy atom. The van der Waals surface area contributed by atoms with Gasteiger partial charge in [0.25, 0.3) is 0 Å². The van der Waals surface area contributed by atoms with Crippen LogP contribution in [-0.2, 0) is 27.9 Å². The lowest BCUT2D eigenvalue weighted by atomic mass is 9.97. The van der Waals surface area contributed by atoms with Crippen molar-refractivity contribution in [2.45, 2.75) is 38.1 Å². The fraction of sp³-hybridized carbons (Fsp3) is 0.440. The van der Waals surface area contributed by atoms with Crippen molar-refractivity contribution in [2.75, 3.05) is 26.3 Å². The summed E-state index contributed by atoms with van der Waals surface area (Å²) in [6.07, 6.45) is 3.56. The minimum atomic E-state index is -0.278. The van der Waals surface area contributed by atoms with Crippen LogP contribution in [-0.4, -0.2) is 57.6 Å². The van der Waals surface area contributed by atoms with Crippen molar-refractivity contribution in [3.63, 3.8) is 0 Å². The van der Waals surface area contributed by atoms with Crippen molar-refractivity contribution in [2.24, 2.45) is 10.9 Å². The average Bonchev–Trinajstić information content (AvgIpc) is 3.19.